The summed E-state index contributed by atoms with van der Waals surface area (Å²) in [5.41, 5.74) is 1.18. The molecule has 2 heterocycles. The smallest absolute Gasteiger partial charge is 0.193 e. The lowest BCUT2D eigenvalue weighted by Gasteiger charge is -2.22. The predicted octanol–water partition coefficient (Wildman–Crippen LogP) is 3.54. The van der Waals surface area contributed by atoms with Crippen LogP contribution in [0.25, 0.3) is 0 Å². The summed E-state index contributed by atoms with van der Waals surface area (Å²) in [6, 6.07) is 0. The Morgan fingerprint density at radius 1 is 1.40 bits per heavy atom. The van der Waals surface area contributed by atoms with Gasteiger partial charge >= 0.3 is 0 Å². The van der Waals surface area contributed by atoms with E-state index in [0.29, 0.717) is 0 Å². The molecule has 1 aliphatic rings. The Morgan fingerprint density at radius 2 is 2.20 bits per heavy atom. The first-order chi connectivity index (χ1) is 12.2. The molecule has 140 valence electrons. The largest absolute Gasteiger partial charge is 0.356 e. The van der Waals surface area contributed by atoms with Gasteiger partial charge in [-0.05, 0) is 32.1 Å². The Balaban J connectivity index is 1.67. The quantitative estimate of drug-likeness (QED) is 0.299. The van der Waals surface area contributed by atoms with Crippen molar-refractivity contribution in [1.29, 1.82) is 0 Å². The van der Waals surface area contributed by atoms with Gasteiger partial charge in [-0.15, -0.1) is 17.9 Å². The zero-order chi connectivity index (χ0) is 17.9. The van der Waals surface area contributed by atoms with Gasteiger partial charge in [-0.2, -0.15) is 0 Å². The fourth-order valence-electron chi connectivity index (χ4n) is 3.07. The maximum atomic E-state index is 4.78. The molecule has 0 saturated carbocycles. The molecule has 2 rings (SSSR count). The van der Waals surface area contributed by atoms with Crippen LogP contribution in [-0.4, -0.2) is 56.1 Å². The zero-order valence-electron chi connectivity index (χ0n) is 15.8. The third kappa shape index (κ3) is 6.69. The number of aliphatic imine (C=N–C) groups is 1. The molecule has 0 spiro atoms. The second-order valence-electron chi connectivity index (χ2n) is 6.60. The molecule has 0 amide bonds. The summed E-state index contributed by atoms with van der Waals surface area (Å²) in [7, 11) is 3.96. The molecule has 1 aromatic rings. The minimum absolute atomic E-state index is 0.872. The summed E-state index contributed by atoms with van der Waals surface area (Å²) in [5, 5.41) is 6.84. The lowest BCUT2D eigenvalue weighted by atomic mass is 10.2. The first kappa shape index (κ1) is 19.8. The van der Waals surface area contributed by atoms with E-state index < -0.39 is 0 Å². The van der Waals surface area contributed by atoms with Crippen LogP contribution in [0.1, 0.15) is 44.2 Å². The molecule has 0 aromatic carbocycles. The van der Waals surface area contributed by atoms with E-state index in [1.807, 2.05) is 13.1 Å². The fraction of sp³-hybridized carbons (Fsp3) is 0.684. The number of anilines is 1. The SMILES string of the molecule is C=CCCCCCN(C)C(=NC)NCCc1csc(N2CCCC2)n1. The van der Waals surface area contributed by atoms with Crippen LogP contribution >= 0.6 is 11.3 Å². The van der Waals surface area contributed by atoms with Gasteiger partial charge < -0.3 is 15.1 Å². The van der Waals surface area contributed by atoms with Gasteiger partial charge in [0.15, 0.2) is 11.1 Å². The van der Waals surface area contributed by atoms with Crippen LogP contribution in [0, 0.1) is 0 Å². The molecule has 1 aliphatic heterocycles. The Labute approximate surface area is 156 Å². The van der Waals surface area contributed by atoms with E-state index >= 15 is 0 Å². The topological polar surface area (TPSA) is 43.8 Å². The van der Waals surface area contributed by atoms with Gasteiger partial charge in [-0.3, -0.25) is 4.99 Å². The zero-order valence-corrected chi connectivity index (χ0v) is 16.7. The molecule has 1 saturated heterocycles. The van der Waals surface area contributed by atoms with E-state index in [0.717, 1.165) is 45.0 Å². The summed E-state index contributed by atoms with van der Waals surface area (Å²) >= 11 is 1.77. The average Bonchev–Trinajstić information content (AvgIpc) is 3.29. The molecule has 0 bridgehead atoms. The second kappa shape index (κ2) is 11.1. The minimum atomic E-state index is 0.872. The maximum absolute atomic E-state index is 4.78. The highest BCUT2D eigenvalue weighted by molar-refractivity contribution is 7.13. The van der Waals surface area contributed by atoms with Crippen molar-refractivity contribution in [2.75, 3.05) is 45.2 Å². The summed E-state index contributed by atoms with van der Waals surface area (Å²) in [6.07, 6.45) is 10.3. The first-order valence-electron chi connectivity index (χ1n) is 9.46. The van der Waals surface area contributed by atoms with E-state index in [1.165, 1.54) is 42.9 Å². The molecular weight excluding hydrogens is 330 g/mol. The number of thiazole rings is 1. The molecule has 6 heteroatoms. The van der Waals surface area contributed by atoms with Crippen molar-refractivity contribution in [2.45, 2.75) is 44.9 Å². The second-order valence-corrected chi connectivity index (χ2v) is 7.44. The number of guanidine groups is 1. The highest BCUT2D eigenvalue weighted by atomic mass is 32.1. The highest BCUT2D eigenvalue weighted by Gasteiger charge is 2.15. The van der Waals surface area contributed by atoms with Crippen molar-refractivity contribution in [3.63, 3.8) is 0 Å². The van der Waals surface area contributed by atoms with Gasteiger partial charge in [0.25, 0.3) is 0 Å². The van der Waals surface area contributed by atoms with Gasteiger partial charge in [0.2, 0.25) is 0 Å². The van der Waals surface area contributed by atoms with Crippen molar-refractivity contribution < 1.29 is 0 Å². The minimum Gasteiger partial charge on any atom is -0.356 e. The Bertz CT molecular complexity index is 534. The lowest BCUT2D eigenvalue weighted by molar-refractivity contribution is 0.455. The van der Waals surface area contributed by atoms with Crippen LogP contribution in [0.15, 0.2) is 23.0 Å². The van der Waals surface area contributed by atoms with E-state index in [9.17, 15) is 0 Å². The Morgan fingerprint density at radius 3 is 2.92 bits per heavy atom. The number of hydrogen-bond acceptors (Lipinski definition) is 4. The van der Waals surface area contributed by atoms with E-state index in [-0.39, 0.29) is 0 Å². The van der Waals surface area contributed by atoms with Crippen molar-refractivity contribution >= 4 is 22.4 Å². The van der Waals surface area contributed by atoms with Crippen LogP contribution in [0.5, 0.6) is 0 Å². The van der Waals surface area contributed by atoms with Crippen molar-refractivity contribution in [2.24, 2.45) is 4.99 Å². The van der Waals surface area contributed by atoms with Gasteiger partial charge in [-0.25, -0.2) is 4.98 Å². The number of hydrogen-bond donors (Lipinski definition) is 1. The number of nitrogens with zero attached hydrogens (tertiary/aromatic N) is 4. The van der Waals surface area contributed by atoms with Crippen LogP contribution in [0.2, 0.25) is 0 Å². The van der Waals surface area contributed by atoms with E-state index in [2.05, 4.69) is 39.1 Å². The van der Waals surface area contributed by atoms with Gasteiger partial charge in [-0.1, -0.05) is 12.5 Å². The Hall–Kier alpha value is -1.56. The molecule has 1 N–H and O–H groups in total. The number of aromatic nitrogens is 1. The first-order valence-corrected chi connectivity index (χ1v) is 10.3. The van der Waals surface area contributed by atoms with Crippen LogP contribution in [0.4, 0.5) is 5.13 Å². The summed E-state index contributed by atoms with van der Waals surface area (Å²) in [4.78, 5) is 13.8. The predicted molar refractivity (Wildman–Crippen MR) is 110 cm³/mol. The van der Waals surface area contributed by atoms with Gasteiger partial charge in [0, 0.05) is 52.1 Å². The number of allylic oxidation sites excluding steroid dienone is 1. The average molecular weight is 364 g/mol. The van der Waals surface area contributed by atoms with Crippen molar-refractivity contribution in [3.05, 3.63) is 23.7 Å². The third-order valence-electron chi connectivity index (χ3n) is 4.56. The molecule has 1 aromatic heterocycles. The summed E-state index contributed by atoms with van der Waals surface area (Å²) < 4.78 is 0. The number of nitrogens with one attached hydrogen (secondary N) is 1. The molecule has 0 radical (unpaired) electrons. The number of unbranched alkanes of at least 4 members (excludes halogenated alkanes) is 3. The molecule has 0 aliphatic carbocycles. The summed E-state index contributed by atoms with van der Waals surface area (Å²) in [6.45, 7) is 8.00. The van der Waals surface area contributed by atoms with E-state index in [1.54, 1.807) is 11.3 Å². The maximum Gasteiger partial charge on any atom is 0.193 e. The van der Waals surface area contributed by atoms with Crippen molar-refractivity contribution in [1.82, 2.24) is 15.2 Å². The molecule has 5 nitrogen and oxygen atoms in total. The summed E-state index contributed by atoms with van der Waals surface area (Å²) in [5.74, 6) is 0.971. The third-order valence-corrected chi connectivity index (χ3v) is 5.51. The number of rotatable bonds is 10. The van der Waals surface area contributed by atoms with Crippen LogP contribution in [-0.2, 0) is 6.42 Å². The van der Waals surface area contributed by atoms with Gasteiger partial charge in [0.05, 0.1) is 5.69 Å². The van der Waals surface area contributed by atoms with Crippen LogP contribution in [0.3, 0.4) is 0 Å². The fourth-order valence-corrected chi connectivity index (χ4v) is 3.99. The molecule has 0 atom stereocenters. The molecular formula is C19H33N5S. The highest BCUT2D eigenvalue weighted by Crippen LogP contribution is 2.24. The molecule has 0 unspecified atom stereocenters. The monoisotopic (exact) mass is 363 g/mol. The van der Waals surface area contributed by atoms with Gasteiger partial charge in [0.1, 0.15) is 0 Å². The lowest BCUT2D eigenvalue weighted by Crippen LogP contribution is -2.40. The molecule has 25 heavy (non-hydrogen) atoms. The standard InChI is InChI=1S/C19H33N5S/c1-4-5-6-7-8-13-23(3)18(20-2)21-12-11-17-16-25-19(22-17)24-14-9-10-15-24/h4,16H,1,5-15H2,2-3H3,(H,20,21). The molecule has 1 fully saturated rings. The van der Waals surface area contributed by atoms with E-state index in [4.69, 9.17) is 4.98 Å². The Kier molecular flexibility index (Phi) is 8.80. The van der Waals surface area contributed by atoms with Crippen molar-refractivity contribution in [3.8, 4) is 0 Å². The van der Waals surface area contributed by atoms with Crippen LogP contribution < -0.4 is 10.2 Å². The normalized spacial score (nSPS) is 14.8.